The number of carbonyl (C=O) groups is 2. The number of hydrogen-bond donors (Lipinski definition) is 3. The molecule has 20 heavy (non-hydrogen) atoms. The van der Waals surface area contributed by atoms with Crippen LogP contribution in [0.3, 0.4) is 0 Å². The first-order valence-corrected chi connectivity index (χ1v) is 6.99. The van der Waals surface area contributed by atoms with E-state index in [1.54, 1.807) is 0 Å². The molecule has 0 aromatic heterocycles. The van der Waals surface area contributed by atoms with Crippen LogP contribution in [-0.2, 0) is 14.3 Å². The second kappa shape index (κ2) is 11.7. The molecule has 0 spiro atoms. The van der Waals surface area contributed by atoms with E-state index < -0.39 is 23.6 Å². The molecule has 0 radical (unpaired) electrons. The molecular weight excluding hydrogens is 264 g/mol. The van der Waals surface area contributed by atoms with Crippen molar-refractivity contribution >= 4 is 11.9 Å². The van der Waals surface area contributed by atoms with E-state index in [2.05, 4.69) is 4.74 Å². The third-order valence-electron chi connectivity index (χ3n) is 2.56. The van der Waals surface area contributed by atoms with Gasteiger partial charge in [0.05, 0.1) is 6.61 Å². The number of unbranched alkanes of at least 4 members (excludes halogenated alkanes) is 2. The van der Waals surface area contributed by atoms with Gasteiger partial charge in [0.25, 0.3) is 0 Å². The SMILES string of the molecule is CCCCC(C)(O)C(=O)O.CCCCOC(=O)C(C)O. The number of aliphatic carboxylic acids is 1. The van der Waals surface area contributed by atoms with Gasteiger partial charge in [-0.3, -0.25) is 0 Å². The van der Waals surface area contributed by atoms with Crippen LogP contribution >= 0.6 is 0 Å². The molecule has 0 aliphatic rings. The molecule has 0 saturated heterocycles. The summed E-state index contributed by atoms with van der Waals surface area (Å²) in [5.41, 5.74) is -1.53. The number of carboxylic acid groups (broad SMARTS) is 1. The molecule has 0 aromatic carbocycles. The van der Waals surface area contributed by atoms with Crippen LogP contribution in [0, 0.1) is 0 Å². The zero-order valence-corrected chi connectivity index (χ0v) is 12.9. The molecule has 120 valence electrons. The van der Waals surface area contributed by atoms with E-state index in [1.165, 1.54) is 13.8 Å². The summed E-state index contributed by atoms with van der Waals surface area (Å²) in [6, 6.07) is 0. The molecule has 0 aliphatic carbocycles. The summed E-state index contributed by atoms with van der Waals surface area (Å²) in [7, 11) is 0. The highest BCUT2D eigenvalue weighted by molar-refractivity contribution is 5.76. The average Bonchev–Trinajstić information content (AvgIpc) is 2.37. The van der Waals surface area contributed by atoms with Crippen molar-refractivity contribution in [3.05, 3.63) is 0 Å². The van der Waals surface area contributed by atoms with Gasteiger partial charge in [0, 0.05) is 0 Å². The van der Waals surface area contributed by atoms with Gasteiger partial charge in [0.2, 0.25) is 0 Å². The molecule has 0 aromatic rings. The number of aliphatic hydroxyl groups is 2. The van der Waals surface area contributed by atoms with Crippen molar-refractivity contribution in [1.82, 2.24) is 0 Å². The third kappa shape index (κ3) is 11.9. The van der Waals surface area contributed by atoms with E-state index in [9.17, 15) is 9.59 Å². The Morgan fingerprint density at radius 2 is 1.70 bits per heavy atom. The van der Waals surface area contributed by atoms with E-state index in [4.69, 9.17) is 15.3 Å². The minimum atomic E-state index is -1.53. The van der Waals surface area contributed by atoms with Crippen molar-refractivity contribution in [1.29, 1.82) is 0 Å². The summed E-state index contributed by atoms with van der Waals surface area (Å²) < 4.78 is 4.65. The Bertz CT molecular complexity index is 271. The zero-order valence-electron chi connectivity index (χ0n) is 12.9. The van der Waals surface area contributed by atoms with Crippen molar-refractivity contribution in [3.63, 3.8) is 0 Å². The zero-order chi connectivity index (χ0) is 16.2. The molecule has 0 rings (SSSR count). The maximum Gasteiger partial charge on any atom is 0.335 e. The van der Waals surface area contributed by atoms with Crippen molar-refractivity contribution in [2.45, 2.75) is 71.5 Å². The Morgan fingerprint density at radius 1 is 1.20 bits per heavy atom. The molecule has 2 atom stereocenters. The Morgan fingerprint density at radius 3 is 2.05 bits per heavy atom. The van der Waals surface area contributed by atoms with Crippen LogP contribution in [0.2, 0.25) is 0 Å². The van der Waals surface area contributed by atoms with Crippen molar-refractivity contribution < 1.29 is 29.6 Å². The fourth-order valence-corrected chi connectivity index (χ4v) is 1.07. The van der Waals surface area contributed by atoms with E-state index in [0.717, 1.165) is 25.7 Å². The maximum atomic E-state index is 10.5. The second-order valence-corrected chi connectivity index (χ2v) is 4.88. The number of rotatable bonds is 8. The highest BCUT2D eigenvalue weighted by Crippen LogP contribution is 2.12. The molecule has 6 heteroatoms. The van der Waals surface area contributed by atoms with Crippen LogP contribution in [0.4, 0.5) is 0 Å². The average molecular weight is 292 g/mol. The highest BCUT2D eigenvalue weighted by atomic mass is 16.5. The molecule has 6 nitrogen and oxygen atoms in total. The van der Waals surface area contributed by atoms with Crippen molar-refractivity contribution in [2.24, 2.45) is 0 Å². The standard InChI is InChI=1S/2C7H14O3/c1-3-4-5-7(2,10)6(8)9;1-3-4-5-10-7(9)6(2)8/h10H,3-5H2,1-2H3,(H,8,9);6,8H,3-5H2,1-2H3. The Balaban J connectivity index is 0. The summed E-state index contributed by atoms with van der Waals surface area (Å²) in [5.74, 6) is -1.67. The molecule has 0 heterocycles. The Labute approximate surface area is 120 Å². The maximum absolute atomic E-state index is 10.5. The predicted octanol–water partition coefficient (Wildman–Crippen LogP) is 1.72. The quantitative estimate of drug-likeness (QED) is 0.465. The van der Waals surface area contributed by atoms with Gasteiger partial charge in [-0.1, -0.05) is 33.1 Å². The first-order chi connectivity index (χ1) is 9.18. The molecule has 0 fully saturated rings. The van der Waals surface area contributed by atoms with Gasteiger partial charge in [-0.15, -0.1) is 0 Å². The first-order valence-electron chi connectivity index (χ1n) is 6.99. The van der Waals surface area contributed by atoms with Crippen LogP contribution in [0.5, 0.6) is 0 Å². The van der Waals surface area contributed by atoms with E-state index in [1.807, 2.05) is 13.8 Å². The Kier molecular flexibility index (Phi) is 12.3. The molecule has 0 bridgehead atoms. The van der Waals surface area contributed by atoms with Gasteiger partial charge in [-0.05, 0) is 26.7 Å². The lowest BCUT2D eigenvalue weighted by Gasteiger charge is -2.16. The van der Waals surface area contributed by atoms with Gasteiger partial charge in [0.1, 0.15) is 6.10 Å². The first kappa shape index (κ1) is 21.2. The minimum absolute atomic E-state index is 0.332. The van der Waals surface area contributed by atoms with Gasteiger partial charge in [-0.25, -0.2) is 9.59 Å². The largest absolute Gasteiger partial charge is 0.479 e. The Hall–Kier alpha value is -1.14. The summed E-state index contributed by atoms with van der Waals surface area (Å²) >= 11 is 0. The summed E-state index contributed by atoms with van der Waals surface area (Å²) in [4.78, 5) is 20.8. The number of aliphatic hydroxyl groups excluding tert-OH is 1. The molecule has 2 unspecified atom stereocenters. The van der Waals surface area contributed by atoms with Crippen LogP contribution in [-0.4, -0.2) is 45.6 Å². The normalized spacial score (nSPS) is 14.5. The highest BCUT2D eigenvalue weighted by Gasteiger charge is 2.28. The number of hydrogen-bond acceptors (Lipinski definition) is 5. The fourth-order valence-electron chi connectivity index (χ4n) is 1.07. The molecular formula is C14H28O6. The number of carboxylic acids is 1. The lowest BCUT2D eigenvalue weighted by molar-refractivity contribution is -0.157. The summed E-state index contributed by atoms with van der Waals surface area (Å²) in [6.07, 6.45) is 2.85. The molecule has 0 aliphatic heterocycles. The number of carbonyl (C=O) groups excluding carboxylic acids is 1. The molecule has 0 amide bonds. The predicted molar refractivity (Wildman–Crippen MR) is 75.3 cm³/mol. The van der Waals surface area contributed by atoms with Gasteiger partial charge in [0.15, 0.2) is 5.60 Å². The lowest BCUT2D eigenvalue weighted by atomic mass is 10.00. The molecule has 3 N–H and O–H groups in total. The van der Waals surface area contributed by atoms with Gasteiger partial charge in [-0.2, -0.15) is 0 Å². The molecule has 0 saturated carbocycles. The third-order valence-corrected chi connectivity index (χ3v) is 2.56. The van der Waals surface area contributed by atoms with Gasteiger partial charge < -0.3 is 20.1 Å². The fraction of sp³-hybridized carbons (Fsp3) is 0.857. The number of ether oxygens (including phenoxy) is 1. The number of esters is 1. The van der Waals surface area contributed by atoms with E-state index >= 15 is 0 Å². The van der Waals surface area contributed by atoms with Crippen LogP contribution in [0.25, 0.3) is 0 Å². The monoisotopic (exact) mass is 292 g/mol. The van der Waals surface area contributed by atoms with Crippen LogP contribution < -0.4 is 0 Å². The van der Waals surface area contributed by atoms with E-state index in [0.29, 0.717) is 13.0 Å². The van der Waals surface area contributed by atoms with Crippen molar-refractivity contribution in [3.8, 4) is 0 Å². The van der Waals surface area contributed by atoms with Crippen molar-refractivity contribution in [2.75, 3.05) is 6.61 Å². The van der Waals surface area contributed by atoms with Crippen LogP contribution in [0.1, 0.15) is 59.8 Å². The van der Waals surface area contributed by atoms with Gasteiger partial charge >= 0.3 is 11.9 Å². The second-order valence-electron chi connectivity index (χ2n) is 4.88. The van der Waals surface area contributed by atoms with Crippen LogP contribution in [0.15, 0.2) is 0 Å². The minimum Gasteiger partial charge on any atom is -0.479 e. The topological polar surface area (TPSA) is 104 Å². The summed E-state index contributed by atoms with van der Waals surface area (Å²) in [6.45, 7) is 7.10. The summed E-state index contributed by atoms with van der Waals surface area (Å²) in [5, 5.41) is 26.2. The lowest BCUT2D eigenvalue weighted by Crippen LogP contribution is -2.34. The smallest absolute Gasteiger partial charge is 0.335 e. The van der Waals surface area contributed by atoms with E-state index in [-0.39, 0.29) is 0 Å².